The highest BCUT2D eigenvalue weighted by atomic mass is 32.2. The molecule has 1 aromatic heterocycles. The van der Waals surface area contributed by atoms with Crippen molar-refractivity contribution in [2.75, 3.05) is 11.1 Å². The number of carbonyl (C=O) groups is 2. The van der Waals surface area contributed by atoms with Crippen molar-refractivity contribution in [3.05, 3.63) is 35.4 Å². The van der Waals surface area contributed by atoms with Crippen LogP contribution in [0.1, 0.15) is 31.4 Å². The molecule has 152 valence electrons. The number of thioether (sulfide) groups is 2. The number of carbonyl (C=O) groups excluding carboxylic acids is 2. The molecule has 0 spiro atoms. The lowest BCUT2D eigenvalue weighted by atomic mass is 10.1. The molecule has 0 bridgehead atoms. The van der Waals surface area contributed by atoms with Crippen molar-refractivity contribution < 1.29 is 9.59 Å². The molecule has 29 heavy (non-hydrogen) atoms. The van der Waals surface area contributed by atoms with Crippen LogP contribution in [0.25, 0.3) is 0 Å². The molecule has 1 aliphatic heterocycles. The summed E-state index contributed by atoms with van der Waals surface area (Å²) in [6.07, 6.45) is 0.612. The van der Waals surface area contributed by atoms with Crippen LogP contribution in [0.2, 0.25) is 0 Å². The third-order valence-electron chi connectivity index (χ3n) is 3.82. The highest BCUT2D eigenvalue weighted by Gasteiger charge is 2.23. The van der Waals surface area contributed by atoms with Crippen molar-refractivity contribution in [2.24, 2.45) is 10.2 Å². The summed E-state index contributed by atoms with van der Waals surface area (Å²) < 4.78 is 0.619. The molecule has 0 fully saturated rings. The summed E-state index contributed by atoms with van der Waals surface area (Å²) in [5.74, 6) is 0.275. The first-order valence-electron chi connectivity index (χ1n) is 8.87. The maximum Gasteiger partial charge on any atom is 0.239 e. The molecule has 8 nitrogen and oxygen atoms in total. The molecule has 11 heteroatoms. The standard InChI is InChI=1S/C18H20N6O2S3/c1-4-14(28-18-24-23-17(29-18)19-11(3)25)15(26)20-16-22-21-13(9-27-16)12-7-5-10(2)6-8-12/h5-8,14H,4,9H2,1-3H3,(H,19,23,25)(H,20,22,26)/t14-/m0/s1. The van der Waals surface area contributed by atoms with E-state index < -0.39 is 0 Å². The zero-order valence-corrected chi connectivity index (χ0v) is 18.6. The molecule has 1 atom stereocenters. The van der Waals surface area contributed by atoms with Gasteiger partial charge in [0.25, 0.3) is 0 Å². The first kappa shape index (κ1) is 21.5. The van der Waals surface area contributed by atoms with E-state index >= 15 is 0 Å². The van der Waals surface area contributed by atoms with Gasteiger partial charge in [-0.2, -0.15) is 5.10 Å². The van der Waals surface area contributed by atoms with Gasteiger partial charge >= 0.3 is 0 Å². The summed E-state index contributed by atoms with van der Waals surface area (Å²) in [7, 11) is 0. The Labute approximate surface area is 181 Å². The topological polar surface area (TPSA) is 109 Å². The summed E-state index contributed by atoms with van der Waals surface area (Å²) in [6, 6.07) is 8.12. The van der Waals surface area contributed by atoms with Crippen LogP contribution >= 0.6 is 34.9 Å². The molecule has 2 heterocycles. The smallest absolute Gasteiger partial charge is 0.239 e. The first-order chi connectivity index (χ1) is 13.9. The molecular formula is C18H20N6O2S3. The molecule has 0 radical (unpaired) electrons. The van der Waals surface area contributed by atoms with Crippen LogP contribution in [0, 0.1) is 6.92 Å². The maximum absolute atomic E-state index is 12.6. The molecule has 0 aliphatic carbocycles. The van der Waals surface area contributed by atoms with Crippen molar-refractivity contribution in [3.63, 3.8) is 0 Å². The van der Waals surface area contributed by atoms with Gasteiger partial charge in [0.1, 0.15) is 0 Å². The van der Waals surface area contributed by atoms with Crippen molar-refractivity contribution in [1.82, 2.24) is 15.5 Å². The Bertz CT molecular complexity index is 955. The number of rotatable bonds is 6. The average Bonchev–Trinajstić information content (AvgIpc) is 3.13. The van der Waals surface area contributed by atoms with Crippen molar-refractivity contribution in [2.45, 2.75) is 36.8 Å². The fourth-order valence-electron chi connectivity index (χ4n) is 2.34. The van der Waals surface area contributed by atoms with Gasteiger partial charge in [0, 0.05) is 12.7 Å². The van der Waals surface area contributed by atoms with E-state index in [0.29, 0.717) is 26.8 Å². The lowest BCUT2D eigenvalue weighted by molar-refractivity contribution is -0.119. The first-order valence-corrected chi connectivity index (χ1v) is 11.6. The van der Waals surface area contributed by atoms with Gasteiger partial charge in [-0.05, 0) is 18.9 Å². The summed E-state index contributed by atoms with van der Waals surface area (Å²) in [5.41, 5.74) is 3.11. The Hall–Kier alpha value is -2.24. The van der Waals surface area contributed by atoms with Gasteiger partial charge in [0.2, 0.25) is 16.9 Å². The lowest BCUT2D eigenvalue weighted by Crippen LogP contribution is -2.36. The number of hydrogen-bond donors (Lipinski definition) is 2. The largest absolute Gasteiger partial charge is 0.303 e. The van der Waals surface area contributed by atoms with E-state index in [9.17, 15) is 9.59 Å². The van der Waals surface area contributed by atoms with Crippen molar-refractivity contribution in [3.8, 4) is 0 Å². The number of aromatic nitrogens is 2. The molecule has 3 rings (SSSR count). The highest BCUT2D eigenvalue weighted by molar-refractivity contribution is 8.14. The molecule has 0 unspecified atom stereocenters. The Morgan fingerprint density at radius 3 is 2.55 bits per heavy atom. The lowest BCUT2D eigenvalue weighted by Gasteiger charge is -2.16. The Morgan fingerprint density at radius 2 is 1.93 bits per heavy atom. The van der Waals surface area contributed by atoms with Crippen molar-refractivity contribution in [1.29, 1.82) is 0 Å². The maximum atomic E-state index is 12.6. The van der Waals surface area contributed by atoms with E-state index in [1.54, 1.807) is 0 Å². The van der Waals surface area contributed by atoms with E-state index in [0.717, 1.165) is 11.3 Å². The third kappa shape index (κ3) is 6.12. The summed E-state index contributed by atoms with van der Waals surface area (Å²) in [6.45, 7) is 5.37. The SMILES string of the molecule is CC[C@H](Sc1nnc(NC(C)=O)s1)C(=O)NC1=NN=C(c2ccc(C)cc2)CS1. The van der Waals surface area contributed by atoms with Crippen LogP contribution in [0.5, 0.6) is 0 Å². The fourth-order valence-corrected chi connectivity index (χ4v) is 5.07. The van der Waals surface area contributed by atoms with Crippen molar-refractivity contribution >= 4 is 62.7 Å². The molecule has 2 aromatic rings. The molecular weight excluding hydrogens is 428 g/mol. The predicted octanol–water partition coefficient (Wildman–Crippen LogP) is 3.30. The number of nitrogens with zero attached hydrogens (tertiary/aromatic N) is 4. The van der Waals surface area contributed by atoms with Gasteiger partial charge in [-0.15, -0.1) is 15.3 Å². The number of amidine groups is 1. The Kier molecular flexibility index (Phi) is 7.40. The number of anilines is 1. The molecule has 2 amide bonds. The normalized spacial score (nSPS) is 14.6. The van der Waals surface area contributed by atoms with Gasteiger partial charge in [-0.25, -0.2) is 0 Å². The average molecular weight is 449 g/mol. The number of benzene rings is 1. The highest BCUT2D eigenvalue weighted by Crippen LogP contribution is 2.30. The van der Waals surface area contributed by atoms with E-state index in [-0.39, 0.29) is 17.1 Å². The molecule has 1 aromatic carbocycles. The minimum absolute atomic E-state index is 0.158. The van der Waals surface area contributed by atoms with Crippen LogP contribution in [0.3, 0.4) is 0 Å². The van der Waals surface area contributed by atoms with Crippen LogP contribution in [-0.4, -0.2) is 43.9 Å². The molecule has 1 aliphatic rings. The van der Waals surface area contributed by atoms with E-state index in [1.165, 1.54) is 47.3 Å². The Balaban J connectivity index is 1.60. The second-order valence-electron chi connectivity index (χ2n) is 6.16. The van der Waals surface area contributed by atoms with Gasteiger partial charge < -0.3 is 10.6 Å². The van der Waals surface area contributed by atoms with Gasteiger partial charge in [0.15, 0.2) is 9.51 Å². The van der Waals surface area contributed by atoms with Gasteiger partial charge in [-0.3, -0.25) is 9.59 Å². The minimum Gasteiger partial charge on any atom is -0.303 e. The van der Waals surface area contributed by atoms with Gasteiger partial charge in [-0.1, -0.05) is 71.6 Å². The van der Waals surface area contributed by atoms with E-state index in [1.807, 2.05) is 38.1 Å². The zero-order chi connectivity index (χ0) is 20.8. The number of nitrogens with one attached hydrogen (secondary N) is 2. The van der Waals surface area contributed by atoms with Crippen LogP contribution in [0.4, 0.5) is 5.13 Å². The number of aryl methyl sites for hydroxylation is 1. The second-order valence-corrected chi connectivity index (χ2v) is 9.56. The predicted molar refractivity (Wildman–Crippen MR) is 120 cm³/mol. The van der Waals surface area contributed by atoms with E-state index in [2.05, 4.69) is 31.0 Å². The Morgan fingerprint density at radius 1 is 1.17 bits per heavy atom. The summed E-state index contributed by atoms with van der Waals surface area (Å²) >= 11 is 4.00. The molecule has 2 N–H and O–H groups in total. The van der Waals surface area contributed by atoms with E-state index in [4.69, 9.17) is 0 Å². The monoisotopic (exact) mass is 448 g/mol. The summed E-state index contributed by atoms with van der Waals surface area (Å²) in [5, 5.41) is 22.3. The summed E-state index contributed by atoms with van der Waals surface area (Å²) in [4.78, 5) is 23.7. The minimum atomic E-state index is -0.348. The number of amides is 2. The van der Waals surface area contributed by atoms with Crippen LogP contribution in [-0.2, 0) is 9.59 Å². The quantitative estimate of drug-likeness (QED) is 0.518. The molecule has 0 saturated heterocycles. The fraction of sp³-hybridized carbons (Fsp3) is 0.333. The van der Waals surface area contributed by atoms with Crippen LogP contribution in [0.15, 0.2) is 38.8 Å². The van der Waals surface area contributed by atoms with Gasteiger partial charge in [0.05, 0.1) is 11.0 Å². The molecule has 0 saturated carbocycles. The second kappa shape index (κ2) is 9.99. The van der Waals surface area contributed by atoms with Crippen LogP contribution < -0.4 is 10.6 Å². The zero-order valence-electron chi connectivity index (χ0n) is 16.1. The number of hydrogen-bond acceptors (Lipinski definition) is 9. The third-order valence-corrected chi connectivity index (χ3v) is 6.98.